The monoisotopic (exact) mass is 233 g/mol. The van der Waals surface area contributed by atoms with Gasteiger partial charge in [0.25, 0.3) is 0 Å². The highest BCUT2D eigenvalue weighted by Crippen LogP contribution is 2.22. The second-order valence-electron chi connectivity index (χ2n) is 3.63. The number of nitrogens with one attached hydrogen (secondary N) is 1. The van der Waals surface area contributed by atoms with Crippen LogP contribution in [0.5, 0.6) is 0 Å². The van der Waals surface area contributed by atoms with Crippen LogP contribution >= 0.6 is 11.3 Å². The molecule has 4 heteroatoms. The molecule has 0 spiro atoms. The Kier molecular flexibility index (Phi) is 3.51. The van der Waals surface area contributed by atoms with Crippen LogP contribution in [0, 0.1) is 0 Å². The molecule has 0 saturated heterocycles. The van der Waals surface area contributed by atoms with Crippen LogP contribution < -0.4 is 5.32 Å². The summed E-state index contributed by atoms with van der Waals surface area (Å²) in [4.78, 5) is 0. The lowest BCUT2D eigenvalue weighted by Crippen LogP contribution is -2.05. The molecule has 1 aromatic carbocycles. The Morgan fingerprint density at radius 2 is 2.00 bits per heavy atom. The first-order valence-corrected chi connectivity index (χ1v) is 6.25. The van der Waals surface area contributed by atoms with Gasteiger partial charge in [-0.3, -0.25) is 0 Å². The highest BCUT2D eigenvalue weighted by molar-refractivity contribution is 7.15. The van der Waals surface area contributed by atoms with Crippen molar-refractivity contribution in [3.63, 3.8) is 0 Å². The van der Waals surface area contributed by atoms with Crippen molar-refractivity contribution in [3.8, 4) is 0 Å². The van der Waals surface area contributed by atoms with Gasteiger partial charge in [0, 0.05) is 0 Å². The molecule has 2 aromatic rings. The fourth-order valence-electron chi connectivity index (χ4n) is 1.47. The lowest BCUT2D eigenvalue weighted by molar-refractivity contribution is 0.870. The van der Waals surface area contributed by atoms with Crippen LogP contribution in [0.15, 0.2) is 30.3 Å². The molecule has 0 bridgehead atoms. The van der Waals surface area contributed by atoms with E-state index in [0.717, 1.165) is 16.6 Å². The van der Waals surface area contributed by atoms with E-state index in [1.807, 2.05) is 18.2 Å². The third-order valence-corrected chi connectivity index (χ3v) is 3.41. The summed E-state index contributed by atoms with van der Waals surface area (Å²) in [5.41, 5.74) is 1.26. The van der Waals surface area contributed by atoms with Crippen LogP contribution in [-0.2, 0) is 6.42 Å². The summed E-state index contributed by atoms with van der Waals surface area (Å²) in [6.07, 6.45) is 0.944. The van der Waals surface area contributed by atoms with E-state index < -0.39 is 0 Å². The summed E-state index contributed by atoms with van der Waals surface area (Å²) in [6, 6.07) is 10.6. The summed E-state index contributed by atoms with van der Waals surface area (Å²) in [5, 5.41) is 13.5. The molecule has 1 atom stereocenters. The molecular weight excluding hydrogens is 218 g/mol. The van der Waals surface area contributed by atoms with E-state index in [0.29, 0.717) is 0 Å². The van der Waals surface area contributed by atoms with Crippen LogP contribution in [0.25, 0.3) is 0 Å². The van der Waals surface area contributed by atoms with E-state index in [1.54, 1.807) is 11.3 Å². The third-order valence-electron chi connectivity index (χ3n) is 2.41. The summed E-state index contributed by atoms with van der Waals surface area (Å²) >= 11 is 1.62. The van der Waals surface area contributed by atoms with Crippen molar-refractivity contribution >= 4 is 16.5 Å². The Hall–Kier alpha value is -1.42. The predicted octanol–water partition coefficient (Wildman–Crippen LogP) is 3.27. The van der Waals surface area contributed by atoms with Crippen molar-refractivity contribution in [1.82, 2.24) is 10.2 Å². The Bertz CT molecular complexity index is 439. The zero-order chi connectivity index (χ0) is 11.4. The molecule has 84 valence electrons. The molecule has 16 heavy (non-hydrogen) atoms. The maximum Gasteiger partial charge on any atom is 0.206 e. The highest BCUT2D eigenvalue weighted by Gasteiger charge is 2.07. The molecule has 1 N–H and O–H groups in total. The van der Waals surface area contributed by atoms with E-state index in [2.05, 4.69) is 41.5 Å². The van der Waals surface area contributed by atoms with E-state index in [4.69, 9.17) is 0 Å². The average Bonchev–Trinajstić information content (AvgIpc) is 2.78. The molecular formula is C12H15N3S. The van der Waals surface area contributed by atoms with Crippen LogP contribution in [0.1, 0.15) is 30.5 Å². The van der Waals surface area contributed by atoms with E-state index in [1.165, 1.54) is 5.56 Å². The van der Waals surface area contributed by atoms with Crippen molar-refractivity contribution in [3.05, 3.63) is 40.9 Å². The number of aromatic nitrogens is 2. The molecule has 0 fully saturated rings. The lowest BCUT2D eigenvalue weighted by atomic mass is 10.1. The van der Waals surface area contributed by atoms with Gasteiger partial charge in [0.05, 0.1) is 6.04 Å². The van der Waals surface area contributed by atoms with Gasteiger partial charge in [-0.05, 0) is 18.9 Å². The molecule has 0 amide bonds. The fraction of sp³-hybridized carbons (Fsp3) is 0.333. The summed E-state index contributed by atoms with van der Waals surface area (Å²) in [5.74, 6) is 0. The Morgan fingerprint density at radius 1 is 1.25 bits per heavy atom. The quantitative estimate of drug-likeness (QED) is 0.880. The Balaban J connectivity index is 2.05. The molecule has 1 aromatic heterocycles. The zero-order valence-corrected chi connectivity index (χ0v) is 10.3. The molecule has 3 nitrogen and oxygen atoms in total. The maximum atomic E-state index is 4.11. The predicted molar refractivity (Wildman–Crippen MR) is 67.8 cm³/mol. The number of hydrogen-bond donors (Lipinski definition) is 1. The molecule has 0 aliphatic rings. The topological polar surface area (TPSA) is 37.8 Å². The molecule has 0 aliphatic heterocycles. The second kappa shape index (κ2) is 5.07. The first-order chi connectivity index (χ1) is 7.79. The average molecular weight is 233 g/mol. The Labute approximate surface area is 99.5 Å². The normalized spacial score (nSPS) is 12.4. The number of aryl methyl sites for hydroxylation is 1. The number of benzene rings is 1. The first-order valence-electron chi connectivity index (χ1n) is 5.43. The van der Waals surface area contributed by atoms with E-state index >= 15 is 0 Å². The van der Waals surface area contributed by atoms with Gasteiger partial charge in [-0.2, -0.15) is 0 Å². The standard InChI is InChI=1S/C12H15N3S/c1-3-11-14-15-12(16-11)13-9(2)10-7-5-4-6-8-10/h4-9H,3H2,1-2H3,(H,13,15). The van der Waals surface area contributed by atoms with Gasteiger partial charge in [0.2, 0.25) is 5.13 Å². The van der Waals surface area contributed by atoms with Crippen LogP contribution in [0.4, 0.5) is 5.13 Å². The minimum Gasteiger partial charge on any atom is -0.354 e. The number of hydrogen-bond acceptors (Lipinski definition) is 4. The van der Waals surface area contributed by atoms with Crippen molar-refractivity contribution in [1.29, 1.82) is 0 Å². The Morgan fingerprint density at radius 3 is 2.62 bits per heavy atom. The molecule has 0 radical (unpaired) electrons. The van der Waals surface area contributed by atoms with Gasteiger partial charge in [-0.25, -0.2) is 0 Å². The SMILES string of the molecule is CCc1nnc(NC(C)c2ccccc2)s1. The van der Waals surface area contributed by atoms with Crippen molar-refractivity contribution in [2.24, 2.45) is 0 Å². The third kappa shape index (κ3) is 2.58. The van der Waals surface area contributed by atoms with Gasteiger partial charge >= 0.3 is 0 Å². The largest absolute Gasteiger partial charge is 0.354 e. The molecule has 1 heterocycles. The zero-order valence-electron chi connectivity index (χ0n) is 9.47. The first kappa shape index (κ1) is 11.1. The number of anilines is 1. The molecule has 0 aliphatic carbocycles. The lowest BCUT2D eigenvalue weighted by Gasteiger charge is -2.12. The molecule has 2 rings (SSSR count). The van der Waals surface area contributed by atoms with Gasteiger partial charge < -0.3 is 5.32 Å². The van der Waals surface area contributed by atoms with Crippen molar-refractivity contribution < 1.29 is 0 Å². The van der Waals surface area contributed by atoms with Crippen LogP contribution in [0.3, 0.4) is 0 Å². The number of rotatable bonds is 4. The number of nitrogens with zero attached hydrogens (tertiary/aromatic N) is 2. The highest BCUT2D eigenvalue weighted by atomic mass is 32.1. The van der Waals surface area contributed by atoms with Gasteiger partial charge in [-0.15, -0.1) is 10.2 Å². The second-order valence-corrected chi connectivity index (χ2v) is 4.69. The van der Waals surface area contributed by atoms with Crippen molar-refractivity contribution in [2.45, 2.75) is 26.3 Å². The molecule has 1 unspecified atom stereocenters. The fourth-order valence-corrected chi connectivity index (χ4v) is 2.23. The summed E-state index contributed by atoms with van der Waals surface area (Å²) in [6.45, 7) is 4.22. The van der Waals surface area contributed by atoms with Gasteiger partial charge in [0.1, 0.15) is 5.01 Å². The van der Waals surface area contributed by atoms with Crippen LogP contribution in [-0.4, -0.2) is 10.2 Å². The summed E-state index contributed by atoms with van der Waals surface area (Å²) in [7, 11) is 0. The van der Waals surface area contributed by atoms with Crippen LogP contribution in [0.2, 0.25) is 0 Å². The molecule has 0 saturated carbocycles. The summed E-state index contributed by atoms with van der Waals surface area (Å²) < 4.78 is 0. The van der Waals surface area contributed by atoms with E-state index in [-0.39, 0.29) is 6.04 Å². The van der Waals surface area contributed by atoms with Gasteiger partial charge in [-0.1, -0.05) is 48.6 Å². The minimum absolute atomic E-state index is 0.263. The van der Waals surface area contributed by atoms with Gasteiger partial charge in [0.15, 0.2) is 0 Å². The maximum absolute atomic E-state index is 4.11. The van der Waals surface area contributed by atoms with Crippen molar-refractivity contribution in [2.75, 3.05) is 5.32 Å². The smallest absolute Gasteiger partial charge is 0.206 e. The minimum atomic E-state index is 0.263. The van der Waals surface area contributed by atoms with E-state index in [9.17, 15) is 0 Å².